The van der Waals surface area contributed by atoms with Crippen LogP contribution >= 0.6 is 0 Å². The van der Waals surface area contributed by atoms with Crippen molar-refractivity contribution in [1.82, 2.24) is 4.90 Å². The Morgan fingerprint density at radius 3 is 2.21 bits per heavy atom. The summed E-state index contributed by atoms with van der Waals surface area (Å²) < 4.78 is 5.11. The van der Waals surface area contributed by atoms with E-state index in [0.717, 1.165) is 30.9 Å². The van der Waals surface area contributed by atoms with Crippen LogP contribution in [0.5, 0.6) is 0 Å². The van der Waals surface area contributed by atoms with Gasteiger partial charge < -0.3 is 9.64 Å². The zero-order valence-corrected chi connectivity index (χ0v) is 9.92. The van der Waals surface area contributed by atoms with E-state index in [1.165, 1.54) is 13.1 Å². The maximum absolute atomic E-state index is 5.11. The van der Waals surface area contributed by atoms with E-state index in [9.17, 15) is 0 Å². The molecule has 2 rings (SSSR count). The van der Waals surface area contributed by atoms with Crippen molar-refractivity contribution in [3.63, 3.8) is 0 Å². The third-order valence-corrected chi connectivity index (χ3v) is 3.88. The monoisotopic (exact) mass is 197 g/mol. The quantitative estimate of drug-likeness (QED) is 0.684. The van der Waals surface area contributed by atoms with Gasteiger partial charge in [0.25, 0.3) is 0 Å². The number of piperidine rings is 1. The Kier molecular flexibility index (Phi) is 2.61. The second-order valence-corrected chi connectivity index (χ2v) is 5.97. The Balaban J connectivity index is 1.76. The fourth-order valence-corrected chi connectivity index (χ4v) is 3.30. The second-order valence-electron chi connectivity index (χ2n) is 5.97. The molecule has 2 heteroatoms. The lowest BCUT2D eigenvalue weighted by Gasteiger charge is -2.25. The number of likely N-dealkylation sites (tertiary alicyclic amines) is 1. The van der Waals surface area contributed by atoms with Crippen LogP contribution in [0, 0.1) is 23.2 Å². The molecule has 2 aliphatic rings. The maximum atomic E-state index is 5.11. The number of methoxy groups -OCH3 is 1. The van der Waals surface area contributed by atoms with Crippen molar-refractivity contribution in [2.24, 2.45) is 23.2 Å². The van der Waals surface area contributed by atoms with Crippen LogP contribution in [0.1, 0.15) is 20.8 Å². The first-order chi connectivity index (χ1) is 6.54. The zero-order valence-electron chi connectivity index (χ0n) is 9.92. The van der Waals surface area contributed by atoms with Gasteiger partial charge in [0.2, 0.25) is 0 Å². The topological polar surface area (TPSA) is 12.5 Å². The van der Waals surface area contributed by atoms with E-state index < -0.39 is 0 Å². The van der Waals surface area contributed by atoms with Gasteiger partial charge in [0.05, 0.1) is 6.61 Å². The summed E-state index contributed by atoms with van der Waals surface area (Å²) in [4.78, 5) is 2.56. The van der Waals surface area contributed by atoms with Crippen LogP contribution in [0.25, 0.3) is 0 Å². The molecule has 1 aliphatic carbocycles. The smallest absolute Gasteiger partial charge is 0.0589 e. The van der Waals surface area contributed by atoms with Crippen LogP contribution in [-0.4, -0.2) is 38.3 Å². The summed E-state index contributed by atoms with van der Waals surface area (Å²) in [5, 5.41) is 0. The SMILES string of the molecule is COCCN1CC2[C@H](C1)[C@H]2C(C)(C)C. The summed E-state index contributed by atoms with van der Waals surface area (Å²) in [7, 11) is 1.79. The van der Waals surface area contributed by atoms with Gasteiger partial charge in [0, 0.05) is 26.7 Å². The fraction of sp³-hybridized carbons (Fsp3) is 1.00. The van der Waals surface area contributed by atoms with Gasteiger partial charge in [0.15, 0.2) is 0 Å². The van der Waals surface area contributed by atoms with Crippen molar-refractivity contribution in [3.8, 4) is 0 Å². The Bertz CT molecular complexity index is 197. The predicted octanol–water partition coefficient (Wildman–Crippen LogP) is 1.86. The second kappa shape index (κ2) is 3.49. The minimum Gasteiger partial charge on any atom is -0.383 e. The molecule has 0 bridgehead atoms. The molecule has 82 valence electrons. The van der Waals surface area contributed by atoms with E-state index in [-0.39, 0.29) is 0 Å². The summed E-state index contributed by atoms with van der Waals surface area (Å²) in [6.07, 6.45) is 0. The molecule has 0 spiro atoms. The largest absolute Gasteiger partial charge is 0.383 e. The van der Waals surface area contributed by atoms with Crippen molar-refractivity contribution >= 4 is 0 Å². The predicted molar refractivity (Wildman–Crippen MR) is 58.2 cm³/mol. The lowest BCUT2D eigenvalue weighted by Crippen LogP contribution is -2.30. The first-order valence-corrected chi connectivity index (χ1v) is 5.75. The molecule has 0 aromatic carbocycles. The number of ether oxygens (including phenoxy) is 1. The Hall–Kier alpha value is -0.0800. The highest BCUT2D eigenvalue weighted by atomic mass is 16.5. The molecule has 0 aromatic heterocycles. The average Bonchev–Trinajstić information content (AvgIpc) is 2.62. The molecule has 1 saturated heterocycles. The summed E-state index contributed by atoms with van der Waals surface area (Å²) in [6, 6.07) is 0. The number of nitrogens with zero attached hydrogens (tertiary/aromatic N) is 1. The summed E-state index contributed by atoms with van der Waals surface area (Å²) in [6.45, 7) is 11.8. The van der Waals surface area contributed by atoms with Gasteiger partial charge in [-0.2, -0.15) is 0 Å². The van der Waals surface area contributed by atoms with Gasteiger partial charge >= 0.3 is 0 Å². The van der Waals surface area contributed by atoms with Gasteiger partial charge in [-0.1, -0.05) is 20.8 Å². The zero-order chi connectivity index (χ0) is 10.3. The van der Waals surface area contributed by atoms with Crippen molar-refractivity contribution in [2.45, 2.75) is 20.8 Å². The molecular weight excluding hydrogens is 174 g/mol. The van der Waals surface area contributed by atoms with Crippen molar-refractivity contribution in [1.29, 1.82) is 0 Å². The summed E-state index contributed by atoms with van der Waals surface area (Å²) in [5.74, 6) is 2.97. The van der Waals surface area contributed by atoms with E-state index in [1.54, 1.807) is 7.11 Å². The molecule has 1 heterocycles. The van der Waals surface area contributed by atoms with E-state index in [4.69, 9.17) is 4.74 Å². The van der Waals surface area contributed by atoms with Gasteiger partial charge in [-0.05, 0) is 23.2 Å². The molecule has 2 fully saturated rings. The molecule has 0 amide bonds. The number of fused-ring (bicyclic) bond motifs is 1. The number of rotatable bonds is 3. The van der Waals surface area contributed by atoms with Gasteiger partial charge in [-0.25, -0.2) is 0 Å². The highest BCUT2D eigenvalue weighted by molar-refractivity contribution is 5.08. The van der Waals surface area contributed by atoms with Crippen LogP contribution in [0.4, 0.5) is 0 Å². The Morgan fingerprint density at radius 1 is 1.21 bits per heavy atom. The molecule has 2 nitrogen and oxygen atoms in total. The van der Waals surface area contributed by atoms with E-state index in [0.29, 0.717) is 5.41 Å². The number of hydrogen-bond acceptors (Lipinski definition) is 2. The lowest BCUT2D eigenvalue weighted by molar-refractivity contribution is 0.144. The van der Waals surface area contributed by atoms with Crippen molar-refractivity contribution < 1.29 is 4.74 Å². The normalized spacial score (nSPS) is 37.3. The van der Waals surface area contributed by atoms with E-state index in [1.807, 2.05) is 0 Å². The minimum absolute atomic E-state index is 0.530. The van der Waals surface area contributed by atoms with E-state index >= 15 is 0 Å². The van der Waals surface area contributed by atoms with Crippen molar-refractivity contribution in [2.75, 3.05) is 33.4 Å². The number of hydrogen-bond donors (Lipinski definition) is 0. The first kappa shape index (κ1) is 10.4. The molecule has 1 unspecified atom stereocenters. The molecule has 0 N–H and O–H groups in total. The molecule has 0 radical (unpaired) electrons. The Labute approximate surface area is 87.6 Å². The third kappa shape index (κ3) is 1.82. The molecular formula is C12H23NO. The first-order valence-electron chi connectivity index (χ1n) is 5.75. The molecule has 1 aliphatic heterocycles. The molecule has 14 heavy (non-hydrogen) atoms. The average molecular weight is 197 g/mol. The van der Waals surface area contributed by atoms with Gasteiger partial charge in [-0.3, -0.25) is 0 Å². The summed E-state index contributed by atoms with van der Waals surface area (Å²) >= 11 is 0. The van der Waals surface area contributed by atoms with Gasteiger partial charge in [0.1, 0.15) is 0 Å². The van der Waals surface area contributed by atoms with Crippen LogP contribution in [0.3, 0.4) is 0 Å². The summed E-state index contributed by atoms with van der Waals surface area (Å²) in [5.41, 5.74) is 0.530. The molecule has 0 aromatic rings. The van der Waals surface area contributed by atoms with Crippen LogP contribution < -0.4 is 0 Å². The van der Waals surface area contributed by atoms with E-state index in [2.05, 4.69) is 25.7 Å². The molecule has 1 saturated carbocycles. The van der Waals surface area contributed by atoms with Crippen molar-refractivity contribution in [3.05, 3.63) is 0 Å². The fourth-order valence-electron chi connectivity index (χ4n) is 3.30. The maximum Gasteiger partial charge on any atom is 0.0589 e. The minimum atomic E-state index is 0.530. The van der Waals surface area contributed by atoms with Gasteiger partial charge in [-0.15, -0.1) is 0 Å². The van der Waals surface area contributed by atoms with Crippen LogP contribution in [-0.2, 0) is 4.74 Å². The van der Waals surface area contributed by atoms with Crippen LogP contribution in [0.15, 0.2) is 0 Å². The highest BCUT2D eigenvalue weighted by Gasteiger charge is 2.59. The Morgan fingerprint density at radius 2 is 1.79 bits per heavy atom. The standard InChI is InChI=1S/C12H23NO/c1-12(2,3)11-9-7-13(5-6-14-4)8-10(9)11/h9-11H,5-8H2,1-4H3/t9-,10?,11+/m0/s1. The van der Waals surface area contributed by atoms with Crippen LogP contribution in [0.2, 0.25) is 0 Å². The molecule has 3 atom stereocenters. The lowest BCUT2D eigenvalue weighted by atomic mass is 9.87. The highest BCUT2D eigenvalue weighted by Crippen LogP contribution is 2.59. The third-order valence-electron chi connectivity index (χ3n) is 3.88.